The lowest BCUT2D eigenvalue weighted by molar-refractivity contribution is 0.153. The zero-order chi connectivity index (χ0) is 15.6. The molecule has 0 bridgehead atoms. The summed E-state index contributed by atoms with van der Waals surface area (Å²) in [5.74, 6) is 0. The molecule has 20 heavy (non-hydrogen) atoms. The van der Waals surface area contributed by atoms with Gasteiger partial charge in [0, 0.05) is 0 Å². The molecular weight excluding hydrogens is 330 g/mol. The van der Waals surface area contributed by atoms with Gasteiger partial charge in [-0.3, -0.25) is 13.6 Å². The summed E-state index contributed by atoms with van der Waals surface area (Å²) in [7, 11) is -7.44. The highest BCUT2D eigenvalue weighted by Gasteiger charge is 2.32. The average molecular weight is 351 g/mol. The third-order valence-corrected chi connectivity index (χ3v) is 5.76. The van der Waals surface area contributed by atoms with E-state index in [2.05, 4.69) is 0 Å². The minimum absolute atomic E-state index is 0.122. The number of halogens is 1. The van der Waals surface area contributed by atoms with Gasteiger partial charge in [-0.15, -0.1) is 0 Å². The fourth-order valence-corrected chi connectivity index (χ4v) is 3.82. The molecule has 0 unspecified atom stereocenters. The van der Waals surface area contributed by atoms with E-state index in [0.717, 1.165) is 6.26 Å². The van der Waals surface area contributed by atoms with Gasteiger partial charge in [-0.1, -0.05) is 11.6 Å². The quantitative estimate of drug-likeness (QED) is 0.401. The molecular formula is C10H21ClO7P2. The second-order valence-corrected chi connectivity index (χ2v) is 7.45. The van der Waals surface area contributed by atoms with Gasteiger partial charge in [-0.25, -0.2) is 4.57 Å². The lowest BCUT2D eigenvalue weighted by Crippen LogP contribution is -1.99. The van der Waals surface area contributed by atoms with Crippen LogP contribution in [0.5, 0.6) is 0 Å². The van der Waals surface area contributed by atoms with E-state index in [0.29, 0.717) is 0 Å². The third kappa shape index (κ3) is 6.72. The van der Waals surface area contributed by atoms with Gasteiger partial charge in [0.2, 0.25) is 0 Å². The number of rotatable bonds is 11. The van der Waals surface area contributed by atoms with Gasteiger partial charge < -0.3 is 13.6 Å². The van der Waals surface area contributed by atoms with Crippen LogP contribution < -0.4 is 0 Å². The molecule has 0 saturated carbocycles. The first kappa shape index (κ1) is 20.1. The third-order valence-electron chi connectivity index (χ3n) is 1.71. The Kier molecular flexibility index (Phi) is 10.0. The van der Waals surface area contributed by atoms with Crippen molar-refractivity contribution >= 4 is 27.0 Å². The Morgan fingerprint density at radius 1 is 0.900 bits per heavy atom. The summed E-state index contributed by atoms with van der Waals surface area (Å²) in [4.78, 5) is 0. The van der Waals surface area contributed by atoms with Gasteiger partial charge >= 0.3 is 15.4 Å². The highest BCUT2D eigenvalue weighted by atomic mass is 35.5. The molecule has 0 heterocycles. The van der Waals surface area contributed by atoms with E-state index in [9.17, 15) is 9.13 Å². The second kappa shape index (κ2) is 9.96. The Morgan fingerprint density at radius 3 is 1.65 bits per heavy atom. The Labute approximate surface area is 124 Å². The van der Waals surface area contributed by atoms with Crippen LogP contribution in [0.3, 0.4) is 0 Å². The van der Waals surface area contributed by atoms with Gasteiger partial charge in [0.25, 0.3) is 0 Å². The SMILES string of the molecule is CCOP(=O)(OC=C(Cl)P(=O)(OCC)OCC)OCC. The highest BCUT2D eigenvalue weighted by Crippen LogP contribution is 2.59. The van der Waals surface area contributed by atoms with E-state index in [1.165, 1.54) is 0 Å². The first-order valence-corrected chi connectivity index (χ1v) is 9.58. The van der Waals surface area contributed by atoms with Crippen molar-refractivity contribution < 1.29 is 31.7 Å². The minimum Gasteiger partial charge on any atom is -0.410 e. The zero-order valence-corrected chi connectivity index (χ0v) is 14.6. The van der Waals surface area contributed by atoms with Crippen molar-refractivity contribution in [2.24, 2.45) is 0 Å². The van der Waals surface area contributed by atoms with E-state index in [4.69, 9.17) is 34.2 Å². The normalized spacial score (nSPS) is 13.6. The number of hydrogen-bond donors (Lipinski definition) is 0. The lowest BCUT2D eigenvalue weighted by atomic mass is 10.9. The van der Waals surface area contributed by atoms with Crippen LogP contribution in [0.2, 0.25) is 0 Å². The maximum absolute atomic E-state index is 12.2. The van der Waals surface area contributed by atoms with Crippen molar-refractivity contribution in [3.63, 3.8) is 0 Å². The van der Waals surface area contributed by atoms with Crippen LogP contribution in [-0.2, 0) is 31.7 Å². The maximum Gasteiger partial charge on any atom is 0.529 e. The molecule has 0 rings (SSSR count). The van der Waals surface area contributed by atoms with Crippen molar-refractivity contribution in [3.8, 4) is 0 Å². The molecule has 0 spiro atoms. The lowest BCUT2D eigenvalue weighted by Gasteiger charge is -2.18. The van der Waals surface area contributed by atoms with E-state index in [-0.39, 0.29) is 31.2 Å². The second-order valence-electron chi connectivity index (χ2n) is 3.16. The molecule has 0 N–H and O–H groups in total. The topological polar surface area (TPSA) is 80.3 Å². The first-order valence-electron chi connectivity index (χ1n) is 6.20. The highest BCUT2D eigenvalue weighted by molar-refractivity contribution is 7.61. The monoisotopic (exact) mass is 350 g/mol. The standard InChI is InChI=1S/C10H21ClO7P2/c1-5-14-19(12,15-6-2)10(11)9-18-20(13,16-7-3)17-8-4/h9H,5-8H2,1-4H3. The maximum atomic E-state index is 12.2. The van der Waals surface area contributed by atoms with Gasteiger partial charge in [0.1, 0.15) is 6.26 Å². The molecule has 0 atom stereocenters. The fraction of sp³-hybridized carbons (Fsp3) is 0.800. The molecule has 10 heteroatoms. The van der Waals surface area contributed by atoms with Crippen LogP contribution in [0, 0.1) is 0 Å². The van der Waals surface area contributed by atoms with Crippen molar-refractivity contribution in [2.75, 3.05) is 26.4 Å². The molecule has 0 amide bonds. The largest absolute Gasteiger partial charge is 0.529 e. The molecule has 7 nitrogen and oxygen atoms in total. The molecule has 0 aliphatic carbocycles. The van der Waals surface area contributed by atoms with Gasteiger partial charge in [0.15, 0.2) is 4.77 Å². The average Bonchev–Trinajstić information content (AvgIpc) is 2.37. The molecule has 0 saturated heterocycles. The summed E-state index contributed by atoms with van der Waals surface area (Å²) in [6.07, 6.45) is 0.819. The number of phosphoric acid groups is 1. The Bertz CT molecular complexity index is 379. The van der Waals surface area contributed by atoms with Gasteiger partial charge in [-0.2, -0.15) is 0 Å². The molecule has 0 aliphatic heterocycles. The summed E-state index contributed by atoms with van der Waals surface area (Å²) in [5, 5.41) is 0. The number of phosphoric ester groups is 1. The van der Waals surface area contributed by atoms with Crippen LogP contribution in [-0.4, -0.2) is 26.4 Å². The van der Waals surface area contributed by atoms with E-state index in [1.807, 2.05) is 0 Å². The molecule has 0 aliphatic rings. The summed E-state index contributed by atoms with van der Waals surface area (Å²) in [6.45, 7) is 7.06. The molecule has 0 fully saturated rings. The van der Waals surface area contributed by atoms with Crippen molar-refractivity contribution in [2.45, 2.75) is 27.7 Å². The van der Waals surface area contributed by atoms with Crippen molar-refractivity contribution in [1.29, 1.82) is 0 Å². The zero-order valence-electron chi connectivity index (χ0n) is 12.0. The molecule has 0 aromatic rings. The molecule has 0 radical (unpaired) electrons. The summed E-state index contributed by atoms with van der Waals surface area (Å²) >= 11 is 5.84. The minimum atomic E-state index is -3.77. The first-order chi connectivity index (χ1) is 9.37. The smallest absolute Gasteiger partial charge is 0.410 e. The van der Waals surface area contributed by atoms with E-state index < -0.39 is 15.4 Å². The number of hydrogen-bond acceptors (Lipinski definition) is 7. The van der Waals surface area contributed by atoms with E-state index in [1.54, 1.807) is 27.7 Å². The van der Waals surface area contributed by atoms with E-state index >= 15 is 0 Å². The Morgan fingerprint density at radius 2 is 1.30 bits per heavy atom. The van der Waals surface area contributed by atoms with Crippen LogP contribution in [0.25, 0.3) is 0 Å². The summed E-state index contributed by atoms with van der Waals surface area (Å²) in [6, 6.07) is 0. The molecule has 0 aromatic carbocycles. The molecule has 120 valence electrons. The van der Waals surface area contributed by atoms with Gasteiger partial charge in [-0.05, 0) is 27.7 Å². The Hall–Kier alpha value is 0.130. The van der Waals surface area contributed by atoms with Crippen LogP contribution in [0.4, 0.5) is 0 Å². The molecule has 0 aromatic heterocycles. The van der Waals surface area contributed by atoms with Crippen molar-refractivity contribution in [3.05, 3.63) is 11.0 Å². The fourth-order valence-electron chi connectivity index (χ4n) is 1.09. The van der Waals surface area contributed by atoms with Crippen molar-refractivity contribution in [1.82, 2.24) is 0 Å². The summed E-state index contributed by atoms with van der Waals surface area (Å²) < 4.78 is 48.6. The van der Waals surface area contributed by atoms with Crippen LogP contribution >= 0.6 is 27.0 Å². The van der Waals surface area contributed by atoms with Crippen LogP contribution in [0.1, 0.15) is 27.7 Å². The predicted molar refractivity (Wildman–Crippen MR) is 76.7 cm³/mol. The van der Waals surface area contributed by atoms with Crippen LogP contribution in [0.15, 0.2) is 11.0 Å². The predicted octanol–water partition coefficient (Wildman–Crippen LogP) is 4.49. The van der Waals surface area contributed by atoms with Gasteiger partial charge in [0.05, 0.1) is 26.4 Å². The summed E-state index contributed by atoms with van der Waals surface area (Å²) in [5.41, 5.74) is 0. The Balaban J connectivity index is 5.00.